The minimum absolute atomic E-state index is 0.471. The Morgan fingerprint density at radius 1 is 0.400 bits per heavy atom. The van der Waals surface area contributed by atoms with Crippen LogP contribution in [0, 0.1) is 0 Å². The third-order valence-electron chi connectivity index (χ3n) is 6.69. The Balaban J connectivity index is 3.44. The molecule has 0 aromatic heterocycles. The maximum Gasteiger partial charge on any atom is 0.0571 e. The third-order valence-corrected chi connectivity index (χ3v) is 6.69. The average Bonchev–Trinajstić information content (AvgIpc) is 2.87. The fraction of sp³-hybridized carbons (Fsp3) is 0.765. The fourth-order valence-corrected chi connectivity index (χ4v) is 4.33. The molecule has 0 aliphatic rings. The molecular formula is C34H62O. The molecule has 0 bridgehead atoms. The lowest BCUT2D eigenvalue weighted by atomic mass is 10.0. The summed E-state index contributed by atoms with van der Waals surface area (Å²) >= 11 is 0. The zero-order valence-corrected chi connectivity index (χ0v) is 24.2. The molecule has 0 aromatic carbocycles. The molecule has 1 heteroatoms. The predicted molar refractivity (Wildman–Crippen MR) is 160 cm³/mol. The van der Waals surface area contributed by atoms with E-state index >= 15 is 0 Å². The molecular weight excluding hydrogens is 424 g/mol. The van der Waals surface area contributed by atoms with Gasteiger partial charge in [0.2, 0.25) is 0 Å². The summed E-state index contributed by atoms with van der Waals surface area (Å²) in [6.07, 6.45) is 47.7. The Bertz CT molecular complexity index is 455. The molecule has 0 spiro atoms. The first-order valence-corrected chi connectivity index (χ1v) is 15.5. The SMILES string of the molecule is CCC/C=C\CCCC/C=C\CCCCCC(CCCCC/C=C\CCCC/C=C\CCC)OC. The van der Waals surface area contributed by atoms with Crippen LogP contribution < -0.4 is 0 Å². The Hall–Kier alpha value is -1.08. The molecule has 0 fully saturated rings. The van der Waals surface area contributed by atoms with Crippen LogP contribution in [0.25, 0.3) is 0 Å². The number of allylic oxidation sites excluding steroid dienone is 8. The van der Waals surface area contributed by atoms with Crippen molar-refractivity contribution in [1.82, 2.24) is 0 Å². The van der Waals surface area contributed by atoms with Crippen LogP contribution in [-0.2, 0) is 4.74 Å². The van der Waals surface area contributed by atoms with Crippen molar-refractivity contribution >= 4 is 0 Å². The fourth-order valence-electron chi connectivity index (χ4n) is 4.33. The number of hydrogen-bond acceptors (Lipinski definition) is 1. The molecule has 204 valence electrons. The second kappa shape index (κ2) is 31.0. The average molecular weight is 487 g/mol. The Kier molecular flexibility index (Phi) is 30.0. The van der Waals surface area contributed by atoms with Gasteiger partial charge in [0.05, 0.1) is 6.10 Å². The van der Waals surface area contributed by atoms with Crippen molar-refractivity contribution in [3.05, 3.63) is 48.6 Å². The molecule has 0 radical (unpaired) electrons. The minimum atomic E-state index is 0.471. The molecule has 0 rings (SSSR count). The lowest BCUT2D eigenvalue weighted by Gasteiger charge is -2.14. The zero-order chi connectivity index (χ0) is 25.5. The van der Waals surface area contributed by atoms with Crippen molar-refractivity contribution in [2.24, 2.45) is 0 Å². The number of hydrogen-bond donors (Lipinski definition) is 0. The minimum Gasteiger partial charge on any atom is -0.381 e. The van der Waals surface area contributed by atoms with Crippen molar-refractivity contribution in [3.8, 4) is 0 Å². The van der Waals surface area contributed by atoms with Crippen LogP contribution in [0.5, 0.6) is 0 Å². The van der Waals surface area contributed by atoms with Crippen molar-refractivity contribution in [2.45, 2.75) is 161 Å². The molecule has 0 aliphatic carbocycles. The van der Waals surface area contributed by atoms with E-state index in [0.29, 0.717) is 6.10 Å². The largest absolute Gasteiger partial charge is 0.381 e. The van der Waals surface area contributed by atoms with Gasteiger partial charge in [-0.15, -0.1) is 0 Å². The van der Waals surface area contributed by atoms with Gasteiger partial charge >= 0.3 is 0 Å². The molecule has 0 saturated heterocycles. The molecule has 0 unspecified atom stereocenters. The van der Waals surface area contributed by atoms with Gasteiger partial charge in [-0.1, -0.05) is 101 Å². The van der Waals surface area contributed by atoms with Gasteiger partial charge in [-0.3, -0.25) is 0 Å². The third kappa shape index (κ3) is 29.0. The normalized spacial score (nSPS) is 12.6. The lowest BCUT2D eigenvalue weighted by molar-refractivity contribution is 0.0833. The van der Waals surface area contributed by atoms with Gasteiger partial charge < -0.3 is 4.74 Å². The first-order valence-electron chi connectivity index (χ1n) is 15.5. The molecule has 0 aromatic rings. The quantitative estimate of drug-likeness (QED) is 0.0828. The van der Waals surface area contributed by atoms with E-state index in [4.69, 9.17) is 4.74 Å². The van der Waals surface area contributed by atoms with Crippen molar-refractivity contribution < 1.29 is 4.74 Å². The second-order valence-electron chi connectivity index (χ2n) is 10.2. The zero-order valence-electron chi connectivity index (χ0n) is 24.2. The topological polar surface area (TPSA) is 9.23 Å². The molecule has 0 amide bonds. The van der Waals surface area contributed by atoms with Gasteiger partial charge in [0.15, 0.2) is 0 Å². The standard InChI is InChI=1S/C34H62O/c1-4-6-8-10-12-14-16-18-20-22-24-26-28-30-32-34(35-3)33-31-29-27-25-23-21-19-17-15-13-11-9-7-5-2/h8-11,20-23,34H,4-7,12-19,24-33H2,1-3H3/b10-8-,11-9-,22-20-,23-21-. The van der Waals surface area contributed by atoms with Crippen LogP contribution in [0.1, 0.15) is 155 Å². The summed E-state index contributed by atoms with van der Waals surface area (Å²) in [5.74, 6) is 0. The smallest absolute Gasteiger partial charge is 0.0571 e. The molecule has 0 aliphatic heterocycles. The summed E-state index contributed by atoms with van der Waals surface area (Å²) in [7, 11) is 1.90. The number of methoxy groups -OCH3 is 1. The van der Waals surface area contributed by atoms with Crippen molar-refractivity contribution in [1.29, 1.82) is 0 Å². The van der Waals surface area contributed by atoms with Crippen LogP contribution >= 0.6 is 0 Å². The second-order valence-corrected chi connectivity index (χ2v) is 10.2. The molecule has 1 nitrogen and oxygen atoms in total. The van der Waals surface area contributed by atoms with E-state index in [1.807, 2.05) is 7.11 Å². The van der Waals surface area contributed by atoms with E-state index < -0.39 is 0 Å². The number of unbranched alkanes of at least 4 members (excludes halogenated alkanes) is 14. The van der Waals surface area contributed by atoms with Crippen molar-refractivity contribution in [2.75, 3.05) is 7.11 Å². The summed E-state index contributed by atoms with van der Waals surface area (Å²) in [5, 5.41) is 0. The van der Waals surface area contributed by atoms with Crippen LogP contribution in [0.4, 0.5) is 0 Å². The van der Waals surface area contributed by atoms with Gasteiger partial charge in [0.25, 0.3) is 0 Å². The maximum absolute atomic E-state index is 5.74. The highest BCUT2D eigenvalue weighted by molar-refractivity contribution is 4.85. The predicted octanol–water partition coefficient (Wildman–Crippen LogP) is 11.8. The van der Waals surface area contributed by atoms with Gasteiger partial charge in [0.1, 0.15) is 0 Å². The van der Waals surface area contributed by atoms with E-state index in [0.717, 1.165) is 0 Å². The highest BCUT2D eigenvalue weighted by Gasteiger charge is 2.06. The first kappa shape index (κ1) is 33.9. The van der Waals surface area contributed by atoms with E-state index in [1.165, 1.54) is 141 Å². The molecule has 0 saturated carbocycles. The van der Waals surface area contributed by atoms with Crippen molar-refractivity contribution in [3.63, 3.8) is 0 Å². The van der Waals surface area contributed by atoms with E-state index in [-0.39, 0.29) is 0 Å². The van der Waals surface area contributed by atoms with Crippen LogP contribution in [-0.4, -0.2) is 13.2 Å². The van der Waals surface area contributed by atoms with Crippen LogP contribution in [0.3, 0.4) is 0 Å². The highest BCUT2D eigenvalue weighted by Crippen LogP contribution is 2.15. The summed E-state index contributed by atoms with van der Waals surface area (Å²) < 4.78 is 5.74. The summed E-state index contributed by atoms with van der Waals surface area (Å²) in [4.78, 5) is 0. The van der Waals surface area contributed by atoms with E-state index in [1.54, 1.807) is 0 Å². The first-order chi connectivity index (χ1) is 17.3. The molecule has 0 N–H and O–H groups in total. The number of rotatable bonds is 27. The van der Waals surface area contributed by atoms with Crippen LogP contribution in [0.2, 0.25) is 0 Å². The summed E-state index contributed by atoms with van der Waals surface area (Å²) in [6.45, 7) is 4.48. The van der Waals surface area contributed by atoms with Gasteiger partial charge in [-0.2, -0.15) is 0 Å². The van der Waals surface area contributed by atoms with Gasteiger partial charge in [-0.25, -0.2) is 0 Å². The Labute approximate surface area is 221 Å². The van der Waals surface area contributed by atoms with Gasteiger partial charge in [0, 0.05) is 7.11 Å². The van der Waals surface area contributed by atoms with E-state index in [2.05, 4.69) is 62.5 Å². The Morgan fingerprint density at radius 2 is 0.686 bits per heavy atom. The monoisotopic (exact) mass is 486 g/mol. The number of ether oxygens (including phenoxy) is 1. The lowest BCUT2D eigenvalue weighted by Crippen LogP contribution is -2.10. The van der Waals surface area contributed by atoms with Crippen LogP contribution in [0.15, 0.2) is 48.6 Å². The van der Waals surface area contributed by atoms with E-state index in [9.17, 15) is 0 Å². The highest BCUT2D eigenvalue weighted by atomic mass is 16.5. The Morgan fingerprint density at radius 3 is 0.971 bits per heavy atom. The molecule has 0 heterocycles. The molecule has 35 heavy (non-hydrogen) atoms. The molecule has 0 atom stereocenters. The summed E-state index contributed by atoms with van der Waals surface area (Å²) in [5.41, 5.74) is 0. The summed E-state index contributed by atoms with van der Waals surface area (Å²) in [6, 6.07) is 0. The van der Waals surface area contributed by atoms with Gasteiger partial charge in [-0.05, 0) is 103 Å². The maximum atomic E-state index is 5.74.